The van der Waals surface area contributed by atoms with Crippen LogP contribution in [0.1, 0.15) is 37.7 Å². The molecule has 2 aromatic carbocycles. The Morgan fingerprint density at radius 2 is 1.58 bits per heavy atom. The van der Waals surface area contributed by atoms with Crippen LogP contribution in [0.15, 0.2) is 54.1 Å². The summed E-state index contributed by atoms with van der Waals surface area (Å²) in [5.74, 6) is -3.69. The molecule has 0 saturated heterocycles. The number of hydrogen-bond acceptors (Lipinski definition) is 4. The van der Waals surface area contributed by atoms with Crippen LogP contribution in [0.2, 0.25) is 0 Å². The van der Waals surface area contributed by atoms with Crippen molar-refractivity contribution in [2.45, 2.75) is 13.8 Å². The van der Waals surface area contributed by atoms with Crippen LogP contribution in [-0.2, 0) is 4.79 Å². The SMILES string of the molecule is Cc1cc(C=C(C#N)C(=O)Nc2ccc(F)cc2)c(C)n1-c1cc(C(=O)O)cc(C(=O)O)c1. The summed E-state index contributed by atoms with van der Waals surface area (Å²) in [6, 6.07) is 12.4. The number of carbonyl (C=O) groups is 3. The van der Waals surface area contributed by atoms with Crippen LogP contribution in [0.5, 0.6) is 0 Å². The van der Waals surface area contributed by atoms with Gasteiger partial charge < -0.3 is 20.1 Å². The first-order chi connectivity index (χ1) is 15.6. The van der Waals surface area contributed by atoms with E-state index in [2.05, 4.69) is 5.32 Å². The Bertz CT molecular complexity index is 1320. The Labute approximate surface area is 187 Å². The van der Waals surface area contributed by atoms with Crippen LogP contribution in [-0.4, -0.2) is 32.6 Å². The third kappa shape index (κ3) is 4.97. The summed E-state index contributed by atoms with van der Waals surface area (Å²) in [6.45, 7) is 3.42. The lowest BCUT2D eigenvalue weighted by atomic mass is 10.1. The lowest BCUT2D eigenvalue weighted by molar-refractivity contribution is -0.112. The summed E-state index contributed by atoms with van der Waals surface area (Å²) in [7, 11) is 0. The minimum Gasteiger partial charge on any atom is -0.478 e. The van der Waals surface area contributed by atoms with Crippen molar-refractivity contribution in [2.24, 2.45) is 0 Å². The molecule has 0 bridgehead atoms. The number of hydrogen-bond donors (Lipinski definition) is 3. The molecule has 3 aromatic rings. The molecule has 9 heteroatoms. The number of carbonyl (C=O) groups excluding carboxylic acids is 1. The molecule has 1 heterocycles. The lowest BCUT2D eigenvalue weighted by Crippen LogP contribution is -2.13. The number of carboxylic acids is 2. The Morgan fingerprint density at radius 3 is 2.09 bits per heavy atom. The number of nitrogens with zero attached hydrogens (tertiary/aromatic N) is 2. The maximum atomic E-state index is 13.1. The lowest BCUT2D eigenvalue weighted by Gasteiger charge is -2.12. The fourth-order valence-electron chi connectivity index (χ4n) is 3.35. The molecular formula is C24H18FN3O5. The van der Waals surface area contributed by atoms with Crippen molar-refractivity contribution in [3.05, 3.63) is 88.0 Å². The highest BCUT2D eigenvalue weighted by atomic mass is 19.1. The van der Waals surface area contributed by atoms with E-state index >= 15 is 0 Å². The van der Waals surface area contributed by atoms with Crippen molar-refractivity contribution < 1.29 is 29.0 Å². The van der Waals surface area contributed by atoms with Crippen molar-refractivity contribution in [3.8, 4) is 11.8 Å². The number of anilines is 1. The average Bonchev–Trinajstić information content (AvgIpc) is 3.05. The van der Waals surface area contributed by atoms with E-state index in [1.165, 1.54) is 42.5 Å². The van der Waals surface area contributed by atoms with Gasteiger partial charge in [-0.25, -0.2) is 14.0 Å². The zero-order valence-electron chi connectivity index (χ0n) is 17.6. The number of carboxylic acid groups (broad SMARTS) is 2. The van der Waals surface area contributed by atoms with E-state index in [1.54, 1.807) is 24.5 Å². The van der Waals surface area contributed by atoms with Crippen molar-refractivity contribution in [2.75, 3.05) is 5.32 Å². The maximum Gasteiger partial charge on any atom is 0.335 e. The minimum absolute atomic E-state index is 0.189. The number of amides is 1. The van der Waals surface area contributed by atoms with Gasteiger partial charge in [0.1, 0.15) is 17.5 Å². The molecule has 33 heavy (non-hydrogen) atoms. The molecule has 0 radical (unpaired) electrons. The number of aryl methyl sites for hydroxylation is 1. The molecule has 0 aliphatic carbocycles. The maximum absolute atomic E-state index is 13.1. The highest BCUT2D eigenvalue weighted by Crippen LogP contribution is 2.25. The molecule has 0 saturated carbocycles. The predicted octanol–water partition coefficient (Wildman–Crippen LogP) is 4.18. The minimum atomic E-state index is -1.27. The molecule has 0 unspecified atom stereocenters. The molecule has 8 nitrogen and oxygen atoms in total. The molecular weight excluding hydrogens is 429 g/mol. The first kappa shape index (κ1) is 23.0. The van der Waals surface area contributed by atoms with E-state index in [9.17, 15) is 34.2 Å². The quantitative estimate of drug-likeness (QED) is 0.384. The summed E-state index contributed by atoms with van der Waals surface area (Å²) in [5.41, 5.74) is 1.76. The van der Waals surface area contributed by atoms with Gasteiger partial charge in [0.25, 0.3) is 5.91 Å². The first-order valence-corrected chi connectivity index (χ1v) is 9.60. The van der Waals surface area contributed by atoms with Gasteiger partial charge in [0.05, 0.1) is 11.1 Å². The summed E-state index contributed by atoms with van der Waals surface area (Å²) in [4.78, 5) is 35.4. The van der Waals surface area contributed by atoms with E-state index in [0.717, 1.165) is 6.07 Å². The molecule has 3 rings (SSSR count). The van der Waals surface area contributed by atoms with E-state index in [1.807, 2.05) is 6.07 Å². The first-order valence-electron chi connectivity index (χ1n) is 9.60. The number of benzene rings is 2. The predicted molar refractivity (Wildman–Crippen MR) is 118 cm³/mol. The van der Waals surface area contributed by atoms with Gasteiger partial charge in [0.15, 0.2) is 0 Å². The van der Waals surface area contributed by atoms with Crippen molar-refractivity contribution in [1.29, 1.82) is 5.26 Å². The molecule has 0 aliphatic heterocycles. The fraction of sp³-hybridized carbons (Fsp3) is 0.0833. The highest BCUT2D eigenvalue weighted by molar-refractivity contribution is 6.09. The zero-order chi connectivity index (χ0) is 24.3. The van der Waals surface area contributed by atoms with Gasteiger partial charge in [-0.3, -0.25) is 4.79 Å². The number of aromatic carboxylic acids is 2. The smallest absolute Gasteiger partial charge is 0.335 e. The topological polar surface area (TPSA) is 132 Å². The number of nitrogens with one attached hydrogen (secondary N) is 1. The van der Waals surface area contributed by atoms with Crippen molar-refractivity contribution in [3.63, 3.8) is 0 Å². The second-order valence-electron chi connectivity index (χ2n) is 7.17. The van der Waals surface area contributed by atoms with Gasteiger partial charge in [0.2, 0.25) is 0 Å². The Balaban J connectivity index is 2.02. The monoisotopic (exact) mass is 447 g/mol. The summed E-state index contributed by atoms with van der Waals surface area (Å²) >= 11 is 0. The number of rotatable bonds is 6. The van der Waals surface area contributed by atoms with Gasteiger partial charge in [-0.1, -0.05) is 0 Å². The average molecular weight is 447 g/mol. The summed E-state index contributed by atoms with van der Waals surface area (Å²) in [5, 5.41) is 30.7. The summed E-state index contributed by atoms with van der Waals surface area (Å²) < 4.78 is 14.7. The normalized spacial score (nSPS) is 11.0. The van der Waals surface area contributed by atoms with E-state index < -0.39 is 23.7 Å². The van der Waals surface area contributed by atoms with Crippen LogP contribution < -0.4 is 5.32 Å². The third-order valence-corrected chi connectivity index (χ3v) is 4.91. The van der Waals surface area contributed by atoms with Crippen LogP contribution >= 0.6 is 0 Å². The molecule has 1 amide bonds. The molecule has 166 valence electrons. The van der Waals surface area contributed by atoms with Crippen LogP contribution in [0.3, 0.4) is 0 Å². The third-order valence-electron chi connectivity index (χ3n) is 4.91. The Hall–Kier alpha value is -4.71. The fourth-order valence-corrected chi connectivity index (χ4v) is 3.35. The number of aromatic nitrogens is 1. The van der Waals surface area contributed by atoms with E-state index in [-0.39, 0.29) is 16.7 Å². The van der Waals surface area contributed by atoms with Crippen LogP contribution in [0, 0.1) is 31.0 Å². The van der Waals surface area contributed by atoms with Gasteiger partial charge in [-0.15, -0.1) is 0 Å². The molecule has 0 aliphatic rings. The molecule has 1 aromatic heterocycles. The Morgan fingerprint density at radius 1 is 1.00 bits per heavy atom. The molecule has 0 fully saturated rings. The van der Waals surface area contributed by atoms with Crippen molar-refractivity contribution >= 4 is 29.6 Å². The van der Waals surface area contributed by atoms with E-state index in [4.69, 9.17) is 0 Å². The van der Waals surface area contributed by atoms with Gasteiger partial charge in [0, 0.05) is 22.8 Å². The molecule has 3 N–H and O–H groups in total. The van der Waals surface area contributed by atoms with E-state index in [0.29, 0.717) is 28.3 Å². The second-order valence-corrected chi connectivity index (χ2v) is 7.17. The molecule has 0 atom stereocenters. The van der Waals surface area contributed by atoms with Gasteiger partial charge in [-0.2, -0.15) is 5.26 Å². The van der Waals surface area contributed by atoms with Crippen LogP contribution in [0.25, 0.3) is 11.8 Å². The number of nitriles is 1. The van der Waals surface area contributed by atoms with Crippen LogP contribution in [0.4, 0.5) is 10.1 Å². The standard InChI is InChI=1S/C24H18FN3O5/c1-13-7-15(8-18(12-26)22(29)27-20-5-3-19(25)4-6-20)14(2)28(13)21-10-16(23(30)31)9-17(11-21)24(32)33/h3-11H,1-2H3,(H,27,29)(H,30,31)(H,32,33). The summed E-state index contributed by atoms with van der Waals surface area (Å²) in [6.07, 6.45) is 1.37. The second kappa shape index (κ2) is 9.20. The van der Waals surface area contributed by atoms with Gasteiger partial charge in [-0.05, 0) is 74.0 Å². The van der Waals surface area contributed by atoms with Crippen molar-refractivity contribution in [1.82, 2.24) is 4.57 Å². The molecule has 0 spiro atoms. The zero-order valence-corrected chi connectivity index (χ0v) is 17.6. The Kier molecular flexibility index (Phi) is 6.40. The highest BCUT2D eigenvalue weighted by Gasteiger charge is 2.17. The van der Waals surface area contributed by atoms with Gasteiger partial charge >= 0.3 is 11.9 Å². The number of halogens is 1. The largest absolute Gasteiger partial charge is 0.478 e.